The molecule has 28 heavy (non-hydrogen) atoms. The van der Waals surface area contributed by atoms with Crippen LogP contribution in [-0.4, -0.2) is 90.9 Å². The molecule has 8 N–H and O–H groups in total. The molecular weight excluding hydrogens is 380 g/mol. The molecule has 0 rings (SSSR count). The van der Waals surface area contributed by atoms with Gasteiger partial charge < -0.3 is 41.3 Å². The average Bonchev–Trinajstić information content (AvgIpc) is 2.64. The molecule has 0 bridgehead atoms. The maximum Gasteiger partial charge on any atom is 0.326 e. The molecular formula is C16H28N2O10. The number of carbonyl (C=O) groups excluding carboxylic acids is 2. The van der Waals surface area contributed by atoms with Crippen molar-refractivity contribution in [1.29, 1.82) is 0 Å². The minimum Gasteiger partial charge on any atom is -0.480 e. The van der Waals surface area contributed by atoms with Gasteiger partial charge in [0.2, 0.25) is 0 Å². The van der Waals surface area contributed by atoms with E-state index < -0.39 is 60.3 Å². The molecule has 0 fully saturated rings. The third kappa shape index (κ3) is 7.76. The summed E-state index contributed by atoms with van der Waals surface area (Å²) in [5, 5.41) is 61.1. The van der Waals surface area contributed by atoms with Crippen LogP contribution in [0.3, 0.4) is 0 Å². The molecule has 0 spiro atoms. The lowest BCUT2D eigenvalue weighted by Gasteiger charge is -2.27. The Kier molecular flexibility index (Phi) is 11.2. The Balaban J connectivity index is 4.98. The average molecular weight is 408 g/mol. The van der Waals surface area contributed by atoms with Gasteiger partial charge in [-0.25, -0.2) is 9.59 Å². The summed E-state index contributed by atoms with van der Waals surface area (Å²) in [4.78, 5) is 45.8. The van der Waals surface area contributed by atoms with Crippen molar-refractivity contribution in [3.05, 3.63) is 0 Å². The second kappa shape index (κ2) is 12.2. The van der Waals surface area contributed by atoms with Crippen LogP contribution in [0.1, 0.15) is 39.5 Å². The smallest absolute Gasteiger partial charge is 0.326 e. The van der Waals surface area contributed by atoms with Crippen LogP contribution in [-0.2, 0) is 19.2 Å². The van der Waals surface area contributed by atoms with Gasteiger partial charge in [-0.05, 0) is 12.8 Å². The fraction of sp³-hybridized carbons (Fsp3) is 0.750. The molecule has 12 heteroatoms. The summed E-state index contributed by atoms with van der Waals surface area (Å²) in [5.41, 5.74) is 0. The summed E-state index contributed by atoms with van der Waals surface area (Å²) in [6, 6.07) is -2.68. The minimum atomic E-state index is -2.35. The number of carbonyl (C=O) groups is 4. The van der Waals surface area contributed by atoms with Crippen LogP contribution in [0.25, 0.3) is 0 Å². The van der Waals surface area contributed by atoms with Gasteiger partial charge in [-0.2, -0.15) is 0 Å². The van der Waals surface area contributed by atoms with Gasteiger partial charge in [-0.3, -0.25) is 9.59 Å². The first-order valence-corrected chi connectivity index (χ1v) is 8.76. The molecule has 0 aliphatic heterocycles. The van der Waals surface area contributed by atoms with Gasteiger partial charge in [0.05, 0.1) is 0 Å². The Morgan fingerprint density at radius 1 is 0.679 bits per heavy atom. The maximum absolute atomic E-state index is 11.9. The summed E-state index contributed by atoms with van der Waals surface area (Å²) in [6.45, 7) is 3.32. The van der Waals surface area contributed by atoms with Crippen LogP contribution >= 0.6 is 0 Å². The maximum atomic E-state index is 11.9. The number of aliphatic hydroxyl groups excluding tert-OH is 4. The molecule has 0 radical (unpaired) electrons. The number of carboxylic acid groups (broad SMARTS) is 2. The van der Waals surface area contributed by atoms with E-state index in [1.165, 1.54) is 0 Å². The van der Waals surface area contributed by atoms with Crippen molar-refractivity contribution in [2.75, 3.05) is 0 Å². The fourth-order valence-electron chi connectivity index (χ4n) is 2.29. The highest BCUT2D eigenvalue weighted by molar-refractivity contribution is 5.88. The number of aliphatic hydroxyl groups is 4. The molecule has 0 unspecified atom stereocenters. The topological polar surface area (TPSA) is 214 Å². The van der Waals surface area contributed by atoms with Crippen molar-refractivity contribution in [2.45, 2.75) is 76.0 Å². The number of amides is 2. The van der Waals surface area contributed by atoms with Crippen molar-refractivity contribution in [2.24, 2.45) is 0 Å². The Morgan fingerprint density at radius 3 is 1.18 bits per heavy atom. The lowest BCUT2D eigenvalue weighted by atomic mass is 10.0. The van der Waals surface area contributed by atoms with Gasteiger partial charge in [0, 0.05) is 0 Å². The monoisotopic (exact) mass is 408 g/mol. The third-order valence-electron chi connectivity index (χ3n) is 3.92. The zero-order valence-corrected chi connectivity index (χ0v) is 15.6. The van der Waals surface area contributed by atoms with Crippen LogP contribution in [0.2, 0.25) is 0 Å². The molecule has 162 valence electrons. The number of hydrogen-bond donors (Lipinski definition) is 8. The Hall–Kier alpha value is -2.28. The number of carboxylic acids is 2. The van der Waals surface area contributed by atoms with Gasteiger partial charge in [-0.15, -0.1) is 0 Å². The van der Waals surface area contributed by atoms with E-state index in [1.54, 1.807) is 13.8 Å². The molecule has 0 aromatic heterocycles. The standard InChI is InChI=1S/C16H28N2O10/c1-3-5-7(15(25)26)17-13(23)11(21)9(19)10(20)12(22)14(24)18-8(6-4-2)16(27)28/h7-12,19-22H,3-6H2,1-2H3,(H,17,23)(H,18,24)(H,25,26)(H,27,28)/t7-,8-,9-,10-,11-,12+/m0/s1. The van der Waals surface area contributed by atoms with Gasteiger partial charge in [-0.1, -0.05) is 26.7 Å². The molecule has 12 nitrogen and oxygen atoms in total. The van der Waals surface area contributed by atoms with E-state index in [0.717, 1.165) is 0 Å². The first-order valence-electron chi connectivity index (χ1n) is 8.76. The van der Waals surface area contributed by atoms with Crippen LogP contribution in [0.4, 0.5) is 0 Å². The summed E-state index contributed by atoms with van der Waals surface area (Å²) in [5.74, 6) is -5.39. The van der Waals surface area contributed by atoms with E-state index in [-0.39, 0.29) is 12.8 Å². The van der Waals surface area contributed by atoms with E-state index >= 15 is 0 Å². The number of hydrogen-bond acceptors (Lipinski definition) is 8. The summed E-state index contributed by atoms with van der Waals surface area (Å²) < 4.78 is 0. The number of rotatable bonds is 13. The molecule has 0 aliphatic carbocycles. The third-order valence-corrected chi connectivity index (χ3v) is 3.92. The van der Waals surface area contributed by atoms with Gasteiger partial charge in [0.25, 0.3) is 11.8 Å². The summed E-state index contributed by atoms with van der Waals surface area (Å²) >= 11 is 0. The lowest BCUT2D eigenvalue weighted by Crippen LogP contribution is -2.57. The molecule has 0 aromatic rings. The summed E-state index contributed by atoms with van der Waals surface area (Å²) in [7, 11) is 0. The zero-order chi connectivity index (χ0) is 22.0. The molecule has 0 aliphatic rings. The van der Waals surface area contributed by atoms with Crippen LogP contribution in [0.15, 0.2) is 0 Å². The highest BCUT2D eigenvalue weighted by atomic mass is 16.4. The normalized spacial score (nSPS) is 17.5. The van der Waals surface area contributed by atoms with Crippen LogP contribution in [0.5, 0.6) is 0 Å². The molecule has 0 saturated carbocycles. The molecule has 2 amide bonds. The lowest BCUT2D eigenvalue weighted by molar-refractivity contribution is -0.158. The van der Waals surface area contributed by atoms with E-state index in [4.69, 9.17) is 10.2 Å². The Bertz CT molecular complexity index is 508. The Morgan fingerprint density at radius 2 is 0.964 bits per heavy atom. The first kappa shape index (κ1) is 25.7. The fourth-order valence-corrected chi connectivity index (χ4v) is 2.29. The van der Waals surface area contributed by atoms with Crippen LogP contribution < -0.4 is 10.6 Å². The molecule has 0 heterocycles. The molecule has 0 aromatic carbocycles. The van der Waals surface area contributed by atoms with E-state index in [0.29, 0.717) is 12.8 Å². The Labute approximate surface area is 161 Å². The first-order chi connectivity index (χ1) is 13.0. The number of aliphatic carboxylic acids is 2. The highest BCUT2D eigenvalue weighted by Crippen LogP contribution is 2.08. The predicted octanol–water partition coefficient (Wildman–Crippen LogP) is -2.83. The van der Waals surface area contributed by atoms with Crippen molar-refractivity contribution < 1.29 is 49.8 Å². The minimum absolute atomic E-state index is 0.0471. The zero-order valence-electron chi connectivity index (χ0n) is 15.6. The quantitative estimate of drug-likeness (QED) is 0.156. The van der Waals surface area contributed by atoms with Gasteiger partial charge in [0.1, 0.15) is 24.3 Å². The number of nitrogens with one attached hydrogen (secondary N) is 2. The van der Waals surface area contributed by atoms with Crippen molar-refractivity contribution >= 4 is 23.8 Å². The van der Waals surface area contributed by atoms with Gasteiger partial charge >= 0.3 is 11.9 Å². The second-order valence-electron chi connectivity index (χ2n) is 6.25. The SMILES string of the molecule is CCC[C@H](NC(=O)[C@@H](O)[C@@H](O)[C@H](O)[C@@H](O)C(=O)N[C@@H](CCC)C(=O)O)C(=O)O. The van der Waals surface area contributed by atoms with Crippen molar-refractivity contribution in [3.8, 4) is 0 Å². The van der Waals surface area contributed by atoms with Crippen LogP contribution in [0, 0.1) is 0 Å². The van der Waals surface area contributed by atoms with Gasteiger partial charge in [0.15, 0.2) is 12.2 Å². The second-order valence-corrected chi connectivity index (χ2v) is 6.25. The molecule has 6 atom stereocenters. The highest BCUT2D eigenvalue weighted by Gasteiger charge is 2.39. The molecule has 0 saturated heterocycles. The van der Waals surface area contributed by atoms with E-state index in [9.17, 15) is 39.6 Å². The largest absolute Gasteiger partial charge is 0.480 e. The van der Waals surface area contributed by atoms with Crippen molar-refractivity contribution in [3.63, 3.8) is 0 Å². The van der Waals surface area contributed by atoms with E-state index in [2.05, 4.69) is 0 Å². The van der Waals surface area contributed by atoms with Crippen molar-refractivity contribution in [1.82, 2.24) is 10.6 Å². The predicted molar refractivity (Wildman–Crippen MR) is 93.0 cm³/mol. The van der Waals surface area contributed by atoms with E-state index in [1.807, 2.05) is 10.6 Å². The summed E-state index contributed by atoms with van der Waals surface area (Å²) in [6.07, 6.45) is -8.47.